The van der Waals surface area contributed by atoms with Crippen molar-refractivity contribution in [2.24, 2.45) is 0 Å². The maximum Gasteiger partial charge on any atom is 0.227 e. The van der Waals surface area contributed by atoms with Crippen molar-refractivity contribution in [2.45, 2.75) is 13.3 Å². The van der Waals surface area contributed by atoms with E-state index in [1.165, 1.54) is 0 Å². The summed E-state index contributed by atoms with van der Waals surface area (Å²) in [5.74, 6) is 0.628. The first-order valence-corrected chi connectivity index (χ1v) is 7.38. The van der Waals surface area contributed by atoms with Crippen LogP contribution in [0.4, 0.5) is 11.4 Å². The standard InChI is InChI=1S/C16H17BrN2O2/c1-11-10-13(4-7-15(11)17)19-16(20)8-9-21-14-5-2-12(18)3-6-14/h2-7,10H,8-9,18H2,1H3,(H,19,20). The number of halogens is 1. The molecular weight excluding hydrogens is 332 g/mol. The summed E-state index contributed by atoms with van der Waals surface area (Å²) >= 11 is 3.43. The van der Waals surface area contributed by atoms with E-state index >= 15 is 0 Å². The van der Waals surface area contributed by atoms with Gasteiger partial charge in [0.15, 0.2) is 0 Å². The highest BCUT2D eigenvalue weighted by Gasteiger charge is 2.04. The van der Waals surface area contributed by atoms with Gasteiger partial charge >= 0.3 is 0 Å². The zero-order valence-electron chi connectivity index (χ0n) is 11.7. The van der Waals surface area contributed by atoms with Crippen molar-refractivity contribution in [2.75, 3.05) is 17.7 Å². The smallest absolute Gasteiger partial charge is 0.227 e. The number of aryl methyl sites for hydroxylation is 1. The molecule has 0 aliphatic carbocycles. The molecule has 0 atom stereocenters. The quantitative estimate of drug-likeness (QED) is 0.808. The monoisotopic (exact) mass is 348 g/mol. The van der Waals surface area contributed by atoms with Gasteiger partial charge in [0, 0.05) is 15.8 Å². The van der Waals surface area contributed by atoms with Gasteiger partial charge in [-0.1, -0.05) is 15.9 Å². The van der Waals surface area contributed by atoms with Crippen molar-refractivity contribution in [3.63, 3.8) is 0 Å². The van der Waals surface area contributed by atoms with Crippen LogP contribution in [0.3, 0.4) is 0 Å². The number of benzene rings is 2. The van der Waals surface area contributed by atoms with E-state index in [-0.39, 0.29) is 5.91 Å². The maximum atomic E-state index is 11.8. The molecule has 0 aliphatic heterocycles. The summed E-state index contributed by atoms with van der Waals surface area (Å²) in [5.41, 5.74) is 8.14. The number of carbonyl (C=O) groups is 1. The lowest BCUT2D eigenvalue weighted by molar-refractivity contribution is -0.116. The summed E-state index contributed by atoms with van der Waals surface area (Å²) in [5, 5.41) is 2.85. The first kappa shape index (κ1) is 15.4. The van der Waals surface area contributed by atoms with E-state index in [2.05, 4.69) is 21.2 Å². The Morgan fingerprint density at radius 3 is 2.62 bits per heavy atom. The Labute approximate surface area is 132 Å². The SMILES string of the molecule is Cc1cc(NC(=O)CCOc2ccc(N)cc2)ccc1Br. The highest BCUT2D eigenvalue weighted by Crippen LogP contribution is 2.20. The van der Waals surface area contributed by atoms with Gasteiger partial charge in [-0.3, -0.25) is 4.79 Å². The second-order valence-corrected chi connectivity index (χ2v) is 5.53. The van der Waals surface area contributed by atoms with E-state index in [1.54, 1.807) is 24.3 Å². The first-order valence-electron chi connectivity index (χ1n) is 6.59. The molecule has 2 aromatic rings. The first-order chi connectivity index (χ1) is 10.0. The Morgan fingerprint density at radius 1 is 1.24 bits per heavy atom. The number of hydrogen-bond donors (Lipinski definition) is 2. The number of nitrogens with two attached hydrogens (primary N) is 1. The second-order valence-electron chi connectivity index (χ2n) is 4.68. The molecule has 3 N–H and O–H groups in total. The van der Waals surface area contributed by atoms with Crippen LogP contribution in [-0.2, 0) is 4.79 Å². The fraction of sp³-hybridized carbons (Fsp3) is 0.188. The Hall–Kier alpha value is -2.01. The van der Waals surface area contributed by atoms with Crippen LogP contribution in [0.5, 0.6) is 5.75 Å². The molecule has 0 bridgehead atoms. The molecule has 21 heavy (non-hydrogen) atoms. The van der Waals surface area contributed by atoms with Crippen LogP contribution in [0.2, 0.25) is 0 Å². The van der Waals surface area contributed by atoms with Crippen LogP contribution >= 0.6 is 15.9 Å². The maximum absolute atomic E-state index is 11.8. The zero-order chi connectivity index (χ0) is 15.2. The van der Waals surface area contributed by atoms with Crippen LogP contribution < -0.4 is 15.8 Å². The van der Waals surface area contributed by atoms with E-state index in [0.717, 1.165) is 15.7 Å². The van der Waals surface area contributed by atoms with Gasteiger partial charge in [-0.25, -0.2) is 0 Å². The molecule has 1 amide bonds. The summed E-state index contributed by atoms with van der Waals surface area (Å²) < 4.78 is 6.51. The summed E-state index contributed by atoms with van der Waals surface area (Å²) in [4.78, 5) is 11.8. The Bertz CT molecular complexity index is 627. The summed E-state index contributed by atoms with van der Waals surface area (Å²) in [7, 11) is 0. The molecule has 0 fully saturated rings. The van der Waals surface area contributed by atoms with Crippen molar-refractivity contribution in [1.82, 2.24) is 0 Å². The van der Waals surface area contributed by atoms with Crippen LogP contribution in [0, 0.1) is 6.92 Å². The average molecular weight is 349 g/mol. The molecule has 0 saturated heterocycles. The van der Waals surface area contributed by atoms with Crippen molar-refractivity contribution >= 4 is 33.2 Å². The number of hydrogen-bond acceptors (Lipinski definition) is 3. The molecular formula is C16H17BrN2O2. The molecule has 110 valence electrons. The number of carbonyl (C=O) groups excluding carboxylic acids is 1. The topological polar surface area (TPSA) is 64.3 Å². The number of nitrogens with one attached hydrogen (secondary N) is 1. The van der Waals surface area contributed by atoms with Crippen molar-refractivity contribution in [3.8, 4) is 5.75 Å². The Morgan fingerprint density at radius 2 is 1.95 bits per heavy atom. The molecule has 0 radical (unpaired) electrons. The second kappa shape index (κ2) is 7.13. The van der Waals surface area contributed by atoms with Gasteiger partial charge < -0.3 is 15.8 Å². The van der Waals surface area contributed by atoms with Crippen LogP contribution in [-0.4, -0.2) is 12.5 Å². The average Bonchev–Trinajstić information content (AvgIpc) is 2.45. The lowest BCUT2D eigenvalue weighted by Gasteiger charge is -2.08. The predicted molar refractivity (Wildman–Crippen MR) is 88.5 cm³/mol. The summed E-state index contributed by atoms with van der Waals surface area (Å²) in [6, 6.07) is 12.8. The fourth-order valence-electron chi connectivity index (χ4n) is 1.77. The van der Waals surface area contributed by atoms with Gasteiger partial charge in [0.2, 0.25) is 5.91 Å². The van der Waals surface area contributed by atoms with Crippen LogP contribution in [0.15, 0.2) is 46.9 Å². The van der Waals surface area contributed by atoms with Crippen molar-refractivity contribution in [1.29, 1.82) is 0 Å². The molecule has 4 nitrogen and oxygen atoms in total. The normalized spacial score (nSPS) is 10.2. The Kier molecular flexibility index (Phi) is 5.22. The van der Waals surface area contributed by atoms with E-state index < -0.39 is 0 Å². The number of anilines is 2. The molecule has 2 aromatic carbocycles. The molecule has 0 aliphatic rings. The van der Waals surface area contributed by atoms with Gasteiger partial charge in [0.05, 0.1) is 13.0 Å². The molecule has 5 heteroatoms. The van der Waals surface area contributed by atoms with Gasteiger partial charge in [-0.2, -0.15) is 0 Å². The predicted octanol–water partition coefficient (Wildman–Crippen LogP) is 3.75. The molecule has 2 rings (SSSR count). The zero-order valence-corrected chi connectivity index (χ0v) is 13.3. The van der Waals surface area contributed by atoms with E-state index in [9.17, 15) is 4.79 Å². The summed E-state index contributed by atoms with van der Waals surface area (Å²) in [6.07, 6.45) is 0.291. The molecule has 0 unspecified atom stereocenters. The van der Waals surface area contributed by atoms with E-state index in [4.69, 9.17) is 10.5 Å². The lowest BCUT2D eigenvalue weighted by Crippen LogP contribution is -2.15. The summed E-state index contributed by atoms with van der Waals surface area (Å²) in [6.45, 7) is 2.30. The van der Waals surface area contributed by atoms with Gasteiger partial charge in [0.25, 0.3) is 0 Å². The van der Waals surface area contributed by atoms with Crippen molar-refractivity contribution in [3.05, 3.63) is 52.5 Å². The fourth-order valence-corrected chi connectivity index (χ4v) is 2.02. The minimum absolute atomic E-state index is 0.0767. The third-order valence-electron chi connectivity index (χ3n) is 2.92. The van der Waals surface area contributed by atoms with Crippen LogP contribution in [0.25, 0.3) is 0 Å². The molecule has 0 heterocycles. The minimum atomic E-state index is -0.0767. The minimum Gasteiger partial charge on any atom is -0.493 e. The van der Waals surface area contributed by atoms with E-state index in [1.807, 2.05) is 25.1 Å². The number of amides is 1. The molecule has 0 spiro atoms. The van der Waals surface area contributed by atoms with E-state index in [0.29, 0.717) is 24.5 Å². The Balaban J connectivity index is 1.79. The third-order valence-corrected chi connectivity index (χ3v) is 3.81. The van der Waals surface area contributed by atoms with Gasteiger partial charge in [0.1, 0.15) is 5.75 Å². The number of nitrogen functional groups attached to an aromatic ring is 1. The van der Waals surface area contributed by atoms with Crippen LogP contribution in [0.1, 0.15) is 12.0 Å². The van der Waals surface area contributed by atoms with Gasteiger partial charge in [-0.05, 0) is 55.0 Å². The lowest BCUT2D eigenvalue weighted by atomic mass is 10.2. The van der Waals surface area contributed by atoms with Gasteiger partial charge in [-0.15, -0.1) is 0 Å². The molecule has 0 aromatic heterocycles. The molecule has 0 saturated carbocycles. The van der Waals surface area contributed by atoms with Crippen molar-refractivity contribution < 1.29 is 9.53 Å². The largest absolute Gasteiger partial charge is 0.493 e. The number of ether oxygens (including phenoxy) is 1. The highest BCUT2D eigenvalue weighted by molar-refractivity contribution is 9.10. The highest BCUT2D eigenvalue weighted by atomic mass is 79.9. The third kappa shape index (κ3) is 4.79. The number of rotatable bonds is 5.